The third-order valence-electron chi connectivity index (χ3n) is 4.03. The van der Waals surface area contributed by atoms with E-state index < -0.39 is 5.97 Å². The molecule has 2 heterocycles. The van der Waals surface area contributed by atoms with Crippen LogP contribution >= 0.6 is 0 Å². The minimum absolute atomic E-state index is 0.121. The Morgan fingerprint density at radius 3 is 2.73 bits per heavy atom. The van der Waals surface area contributed by atoms with Gasteiger partial charge in [-0.25, -0.2) is 9.59 Å². The number of carbonyl (C=O) groups excluding carboxylic acids is 1. The third-order valence-corrected chi connectivity index (χ3v) is 4.03. The Morgan fingerprint density at radius 2 is 1.96 bits per heavy atom. The average molecular weight is 356 g/mol. The fourth-order valence-corrected chi connectivity index (χ4v) is 2.69. The summed E-state index contributed by atoms with van der Waals surface area (Å²) < 4.78 is 20.9. The lowest BCUT2D eigenvalue weighted by molar-refractivity contribution is 0.0561. The van der Waals surface area contributed by atoms with E-state index in [4.69, 9.17) is 13.6 Å². The average Bonchev–Trinajstić information content (AvgIpc) is 3.12. The molecule has 0 N–H and O–H groups in total. The van der Waals surface area contributed by atoms with E-state index in [1.807, 2.05) is 12.1 Å². The van der Waals surface area contributed by atoms with E-state index >= 15 is 0 Å². The zero-order valence-electron chi connectivity index (χ0n) is 14.7. The van der Waals surface area contributed by atoms with Crippen molar-refractivity contribution in [3.8, 4) is 5.75 Å². The minimum Gasteiger partial charge on any atom is -0.486 e. The molecule has 0 saturated carbocycles. The number of methoxy groups -OCH3 is 1. The molecule has 0 radical (unpaired) electrons. The highest BCUT2D eigenvalue weighted by molar-refractivity contribution is 5.86. The number of rotatable bonds is 7. The summed E-state index contributed by atoms with van der Waals surface area (Å²) in [6.45, 7) is 2.25. The number of fused-ring (bicyclic) bond motifs is 1. The summed E-state index contributed by atoms with van der Waals surface area (Å²) in [4.78, 5) is 23.2. The van der Waals surface area contributed by atoms with E-state index in [2.05, 4.69) is 11.7 Å². The van der Waals surface area contributed by atoms with E-state index in [0.717, 1.165) is 30.2 Å². The maximum Gasteiger partial charge on any atom is 0.373 e. The second-order valence-electron chi connectivity index (χ2n) is 5.90. The molecular weight excluding hydrogens is 336 g/mol. The summed E-state index contributed by atoms with van der Waals surface area (Å²) >= 11 is 0. The molecule has 0 bridgehead atoms. The van der Waals surface area contributed by atoms with Gasteiger partial charge in [0.25, 0.3) is 0 Å². The standard InChI is InChI=1S/C20H20O6/c1-3-4-5-13-10-19(21)26-18-11-14(6-8-16(13)18)24-12-15-7-9-17(25-15)20(22)23-2/h6-11H,3-5,12H2,1-2H3. The van der Waals surface area contributed by atoms with Crippen molar-refractivity contribution >= 4 is 16.9 Å². The van der Waals surface area contributed by atoms with Gasteiger partial charge in [-0.05, 0) is 42.7 Å². The second kappa shape index (κ2) is 7.91. The number of benzene rings is 1. The first kappa shape index (κ1) is 17.8. The van der Waals surface area contributed by atoms with Gasteiger partial charge in [-0.15, -0.1) is 0 Å². The highest BCUT2D eigenvalue weighted by Gasteiger charge is 2.12. The largest absolute Gasteiger partial charge is 0.486 e. The number of aryl methyl sites for hydroxylation is 1. The number of carbonyl (C=O) groups is 1. The summed E-state index contributed by atoms with van der Waals surface area (Å²) in [5.74, 6) is 0.618. The van der Waals surface area contributed by atoms with E-state index in [0.29, 0.717) is 17.1 Å². The Hall–Kier alpha value is -3.02. The third kappa shape index (κ3) is 3.96. The molecule has 0 spiro atoms. The van der Waals surface area contributed by atoms with Crippen LogP contribution in [0, 0.1) is 0 Å². The summed E-state index contributed by atoms with van der Waals surface area (Å²) in [7, 11) is 1.29. The van der Waals surface area contributed by atoms with Gasteiger partial charge in [0.2, 0.25) is 5.76 Å². The van der Waals surface area contributed by atoms with Crippen LogP contribution in [0.1, 0.15) is 41.6 Å². The molecule has 6 nitrogen and oxygen atoms in total. The predicted octanol–water partition coefficient (Wildman–Crippen LogP) is 4.09. The maximum atomic E-state index is 11.8. The lowest BCUT2D eigenvalue weighted by atomic mass is 10.0. The van der Waals surface area contributed by atoms with Gasteiger partial charge in [0.05, 0.1) is 7.11 Å². The van der Waals surface area contributed by atoms with Crippen molar-refractivity contribution in [1.82, 2.24) is 0 Å². The van der Waals surface area contributed by atoms with Crippen LogP contribution < -0.4 is 10.4 Å². The second-order valence-corrected chi connectivity index (χ2v) is 5.90. The molecule has 0 atom stereocenters. The Bertz CT molecular complexity index is 966. The summed E-state index contributed by atoms with van der Waals surface area (Å²) in [6.07, 6.45) is 2.90. The molecule has 0 aliphatic heterocycles. The molecule has 3 rings (SSSR count). The summed E-state index contributed by atoms with van der Waals surface area (Å²) in [6, 6.07) is 10.1. The lowest BCUT2D eigenvalue weighted by Crippen LogP contribution is -2.01. The Balaban J connectivity index is 1.77. The molecule has 0 fully saturated rings. The SMILES string of the molecule is CCCCc1cc(=O)oc2cc(OCc3ccc(C(=O)OC)o3)ccc12. The van der Waals surface area contributed by atoms with Crippen LogP contribution in [0.25, 0.3) is 11.0 Å². The molecule has 0 saturated heterocycles. The first-order valence-corrected chi connectivity index (χ1v) is 8.47. The van der Waals surface area contributed by atoms with Crippen LogP contribution in [0.2, 0.25) is 0 Å². The fourth-order valence-electron chi connectivity index (χ4n) is 2.69. The van der Waals surface area contributed by atoms with Crippen molar-refractivity contribution in [2.75, 3.05) is 7.11 Å². The van der Waals surface area contributed by atoms with Gasteiger partial charge in [0.15, 0.2) is 0 Å². The number of unbranched alkanes of at least 4 members (excludes halogenated alkanes) is 1. The van der Waals surface area contributed by atoms with E-state index in [1.54, 1.807) is 18.2 Å². The molecular formula is C20H20O6. The van der Waals surface area contributed by atoms with Crippen molar-refractivity contribution in [3.05, 3.63) is 63.9 Å². The molecule has 26 heavy (non-hydrogen) atoms. The van der Waals surface area contributed by atoms with Gasteiger partial charge < -0.3 is 18.3 Å². The van der Waals surface area contributed by atoms with E-state index in [1.165, 1.54) is 13.2 Å². The molecule has 1 aromatic carbocycles. The first-order chi connectivity index (χ1) is 12.6. The van der Waals surface area contributed by atoms with Gasteiger partial charge in [-0.3, -0.25) is 0 Å². The minimum atomic E-state index is -0.539. The normalized spacial score (nSPS) is 10.8. The van der Waals surface area contributed by atoms with Crippen LogP contribution in [0.5, 0.6) is 5.75 Å². The van der Waals surface area contributed by atoms with Crippen LogP contribution in [0.4, 0.5) is 0 Å². The van der Waals surface area contributed by atoms with Gasteiger partial charge in [-0.2, -0.15) is 0 Å². The molecule has 136 valence electrons. The zero-order valence-corrected chi connectivity index (χ0v) is 14.7. The van der Waals surface area contributed by atoms with Crippen molar-refractivity contribution in [1.29, 1.82) is 0 Å². The van der Waals surface area contributed by atoms with Crippen LogP contribution in [-0.2, 0) is 17.8 Å². The summed E-state index contributed by atoms with van der Waals surface area (Å²) in [5, 5.41) is 0.913. The number of ether oxygens (including phenoxy) is 2. The predicted molar refractivity (Wildman–Crippen MR) is 95.5 cm³/mol. The monoisotopic (exact) mass is 356 g/mol. The Kier molecular flexibility index (Phi) is 5.41. The van der Waals surface area contributed by atoms with Crippen LogP contribution in [0.3, 0.4) is 0 Å². The van der Waals surface area contributed by atoms with Gasteiger partial charge >= 0.3 is 11.6 Å². The number of esters is 1. The first-order valence-electron chi connectivity index (χ1n) is 8.47. The molecule has 0 aliphatic rings. The van der Waals surface area contributed by atoms with Crippen molar-refractivity contribution in [2.45, 2.75) is 32.8 Å². The highest BCUT2D eigenvalue weighted by Crippen LogP contribution is 2.24. The number of hydrogen-bond donors (Lipinski definition) is 0. The van der Waals surface area contributed by atoms with Crippen LogP contribution in [0.15, 0.2) is 50.0 Å². The quantitative estimate of drug-likeness (QED) is 0.468. The number of hydrogen-bond acceptors (Lipinski definition) is 6. The van der Waals surface area contributed by atoms with Crippen LogP contribution in [-0.4, -0.2) is 13.1 Å². The topological polar surface area (TPSA) is 78.9 Å². The molecule has 0 amide bonds. The molecule has 0 unspecified atom stereocenters. The number of furan rings is 1. The Labute approximate surface area is 150 Å². The highest BCUT2D eigenvalue weighted by atomic mass is 16.5. The van der Waals surface area contributed by atoms with Crippen molar-refractivity contribution in [2.24, 2.45) is 0 Å². The maximum absolute atomic E-state index is 11.8. The fraction of sp³-hybridized carbons (Fsp3) is 0.300. The van der Waals surface area contributed by atoms with Crippen molar-refractivity contribution in [3.63, 3.8) is 0 Å². The zero-order chi connectivity index (χ0) is 18.5. The summed E-state index contributed by atoms with van der Waals surface area (Å²) in [5.41, 5.74) is 1.11. The molecule has 6 heteroatoms. The van der Waals surface area contributed by atoms with Gasteiger partial charge in [0.1, 0.15) is 23.7 Å². The smallest absolute Gasteiger partial charge is 0.373 e. The van der Waals surface area contributed by atoms with Gasteiger partial charge in [0, 0.05) is 17.5 Å². The lowest BCUT2D eigenvalue weighted by Gasteiger charge is -2.08. The molecule has 0 aliphatic carbocycles. The van der Waals surface area contributed by atoms with Crippen molar-refractivity contribution < 1.29 is 23.1 Å². The van der Waals surface area contributed by atoms with Gasteiger partial charge in [-0.1, -0.05) is 13.3 Å². The molecule has 3 aromatic rings. The molecule has 2 aromatic heterocycles. The van der Waals surface area contributed by atoms with E-state index in [-0.39, 0.29) is 18.0 Å². The Morgan fingerprint density at radius 1 is 1.12 bits per heavy atom. The van der Waals surface area contributed by atoms with E-state index in [9.17, 15) is 9.59 Å².